The summed E-state index contributed by atoms with van der Waals surface area (Å²) in [7, 11) is 0. The highest BCUT2D eigenvalue weighted by Crippen LogP contribution is 2.28. The zero-order chi connectivity index (χ0) is 22.2. The molecule has 0 saturated heterocycles. The van der Waals surface area contributed by atoms with E-state index < -0.39 is 0 Å². The standard InChI is InChI=1S/C28H24ClNO2/c29-24-13-11-21(12-14-24)20-32-26-17-15-25(16-18-26)30-28(31)19-27(22-7-3-1-4-8-22)23-9-5-2-6-10-23/h1-18,27H,19-20H2,(H,30,31). The Bertz CT molecular complexity index is 1090. The maximum absolute atomic E-state index is 12.8. The van der Waals surface area contributed by atoms with Gasteiger partial charge in [0.15, 0.2) is 0 Å². The summed E-state index contributed by atoms with van der Waals surface area (Å²) in [6.07, 6.45) is 0.364. The summed E-state index contributed by atoms with van der Waals surface area (Å²) in [5.41, 5.74) is 4.04. The van der Waals surface area contributed by atoms with Gasteiger partial charge in [-0.25, -0.2) is 0 Å². The van der Waals surface area contributed by atoms with Crippen LogP contribution in [0.4, 0.5) is 5.69 Å². The second-order valence-corrected chi connectivity index (χ2v) is 8.00. The second kappa shape index (κ2) is 10.7. The largest absolute Gasteiger partial charge is 0.489 e. The van der Waals surface area contributed by atoms with Gasteiger partial charge < -0.3 is 10.1 Å². The fourth-order valence-corrected chi connectivity index (χ4v) is 3.70. The number of amides is 1. The van der Waals surface area contributed by atoms with Crippen LogP contribution in [0.25, 0.3) is 0 Å². The van der Waals surface area contributed by atoms with E-state index in [1.807, 2.05) is 84.9 Å². The quantitative estimate of drug-likeness (QED) is 0.317. The molecule has 4 aromatic rings. The Morgan fingerprint density at radius 1 is 0.750 bits per heavy atom. The summed E-state index contributed by atoms with van der Waals surface area (Å²) in [6, 6.07) is 35.3. The zero-order valence-electron chi connectivity index (χ0n) is 17.6. The molecule has 0 bridgehead atoms. The summed E-state index contributed by atoms with van der Waals surface area (Å²) in [4.78, 5) is 12.8. The van der Waals surface area contributed by atoms with E-state index in [4.69, 9.17) is 16.3 Å². The third-order valence-electron chi connectivity index (χ3n) is 5.25. The second-order valence-electron chi connectivity index (χ2n) is 7.57. The molecule has 0 atom stereocenters. The molecule has 0 spiro atoms. The molecule has 3 nitrogen and oxygen atoms in total. The maximum atomic E-state index is 12.8. The summed E-state index contributed by atoms with van der Waals surface area (Å²) in [5.74, 6) is 0.710. The van der Waals surface area contributed by atoms with E-state index in [1.165, 1.54) is 0 Å². The third kappa shape index (κ3) is 5.99. The van der Waals surface area contributed by atoms with E-state index in [1.54, 1.807) is 0 Å². The number of benzene rings is 4. The number of hydrogen-bond donors (Lipinski definition) is 1. The summed E-state index contributed by atoms with van der Waals surface area (Å²) in [5, 5.41) is 3.71. The Balaban J connectivity index is 1.37. The lowest BCUT2D eigenvalue weighted by Crippen LogP contribution is -2.16. The molecular weight excluding hydrogens is 418 g/mol. The number of carbonyl (C=O) groups excluding carboxylic acids is 1. The number of hydrogen-bond acceptors (Lipinski definition) is 2. The Morgan fingerprint density at radius 2 is 1.31 bits per heavy atom. The highest BCUT2D eigenvalue weighted by atomic mass is 35.5. The first-order valence-corrected chi connectivity index (χ1v) is 10.9. The van der Waals surface area contributed by atoms with Gasteiger partial charge in [0.05, 0.1) is 0 Å². The van der Waals surface area contributed by atoms with Crippen LogP contribution in [0.2, 0.25) is 5.02 Å². The van der Waals surface area contributed by atoms with Crippen molar-refractivity contribution in [3.63, 3.8) is 0 Å². The average molecular weight is 442 g/mol. The van der Waals surface area contributed by atoms with Crippen molar-refractivity contribution in [1.82, 2.24) is 0 Å². The smallest absolute Gasteiger partial charge is 0.225 e. The molecule has 0 fully saturated rings. The molecule has 0 saturated carbocycles. The normalized spacial score (nSPS) is 10.7. The van der Waals surface area contributed by atoms with Gasteiger partial charge in [-0.1, -0.05) is 84.4 Å². The van der Waals surface area contributed by atoms with E-state index in [2.05, 4.69) is 29.6 Å². The fraction of sp³-hybridized carbons (Fsp3) is 0.107. The van der Waals surface area contributed by atoms with Crippen molar-refractivity contribution in [3.05, 3.63) is 131 Å². The predicted octanol–water partition coefficient (Wildman–Crippen LogP) is 7.08. The maximum Gasteiger partial charge on any atom is 0.225 e. The first-order chi connectivity index (χ1) is 15.7. The Kier molecular flexibility index (Phi) is 7.21. The first kappa shape index (κ1) is 21.7. The van der Waals surface area contributed by atoms with Gasteiger partial charge in [0.1, 0.15) is 12.4 Å². The molecule has 0 aliphatic carbocycles. The molecule has 4 aromatic carbocycles. The highest BCUT2D eigenvalue weighted by molar-refractivity contribution is 6.30. The SMILES string of the molecule is O=C(CC(c1ccccc1)c1ccccc1)Nc1ccc(OCc2ccc(Cl)cc2)cc1. The molecule has 32 heavy (non-hydrogen) atoms. The van der Waals surface area contributed by atoms with Crippen molar-refractivity contribution in [1.29, 1.82) is 0 Å². The van der Waals surface area contributed by atoms with Gasteiger partial charge in [-0.05, 0) is 53.1 Å². The molecular formula is C28H24ClNO2. The molecule has 4 rings (SSSR count). The van der Waals surface area contributed by atoms with Crippen LogP contribution in [0.3, 0.4) is 0 Å². The van der Waals surface area contributed by atoms with Crippen LogP contribution >= 0.6 is 11.6 Å². The van der Waals surface area contributed by atoms with Gasteiger partial charge in [0.2, 0.25) is 5.91 Å². The van der Waals surface area contributed by atoms with Crippen molar-refractivity contribution in [3.8, 4) is 5.75 Å². The fourth-order valence-electron chi connectivity index (χ4n) is 3.58. The number of carbonyl (C=O) groups is 1. The van der Waals surface area contributed by atoms with Gasteiger partial charge in [-0.3, -0.25) is 4.79 Å². The van der Waals surface area contributed by atoms with Gasteiger partial charge in [0, 0.05) is 23.0 Å². The molecule has 1 amide bonds. The lowest BCUT2D eigenvalue weighted by atomic mass is 9.88. The van der Waals surface area contributed by atoms with Crippen LogP contribution in [0.5, 0.6) is 5.75 Å². The predicted molar refractivity (Wildman–Crippen MR) is 130 cm³/mol. The Morgan fingerprint density at radius 3 is 1.88 bits per heavy atom. The summed E-state index contributed by atoms with van der Waals surface area (Å²) < 4.78 is 5.82. The molecule has 0 heterocycles. The first-order valence-electron chi connectivity index (χ1n) is 10.5. The zero-order valence-corrected chi connectivity index (χ0v) is 18.3. The minimum atomic E-state index is -0.0301. The van der Waals surface area contributed by atoms with Crippen molar-refractivity contribution in [2.75, 3.05) is 5.32 Å². The van der Waals surface area contributed by atoms with Crippen LogP contribution < -0.4 is 10.1 Å². The van der Waals surface area contributed by atoms with Crippen LogP contribution in [-0.2, 0) is 11.4 Å². The molecule has 4 heteroatoms. The van der Waals surface area contributed by atoms with E-state index in [0.29, 0.717) is 18.1 Å². The molecule has 1 N–H and O–H groups in total. The molecule has 0 aromatic heterocycles. The van der Waals surface area contributed by atoms with E-state index >= 15 is 0 Å². The van der Waals surface area contributed by atoms with Crippen LogP contribution in [0, 0.1) is 0 Å². The minimum Gasteiger partial charge on any atom is -0.489 e. The van der Waals surface area contributed by atoms with Crippen LogP contribution in [-0.4, -0.2) is 5.91 Å². The van der Waals surface area contributed by atoms with E-state index in [0.717, 1.165) is 28.1 Å². The van der Waals surface area contributed by atoms with Gasteiger partial charge >= 0.3 is 0 Å². The molecule has 0 aliphatic heterocycles. The van der Waals surface area contributed by atoms with Crippen molar-refractivity contribution in [2.24, 2.45) is 0 Å². The number of halogens is 1. The number of rotatable bonds is 8. The van der Waals surface area contributed by atoms with Gasteiger partial charge in [-0.2, -0.15) is 0 Å². The molecule has 0 unspecified atom stereocenters. The van der Waals surface area contributed by atoms with Gasteiger partial charge in [-0.15, -0.1) is 0 Å². The van der Waals surface area contributed by atoms with Crippen LogP contribution in [0.1, 0.15) is 29.0 Å². The third-order valence-corrected chi connectivity index (χ3v) is 5.50. The van der Waals surface area contributed by atoms with Gasteiger partial charge in [0.25, 0.3) is 0 Å². The minimum absolute atomic E-state index is 0.000572. The summed E-state index contributed by atoms with van der Waals surface area (Å²) >= 11 is 5.91. The van der Waals surface area contributed by atoms with E-state index in [9.17, 15) is 4.79 Å². The Hall–Kier alpha value is -3.56. The summed E-state index contributed by atoms with van der Waals surface area (Å²) in [6.45, 7) is 0.457. The monoisotopic (exact) mass is 441 g/mol. The Labute approximate surface area is 193 Å². The molecule has 0 radical (unpaired) electrons. The lowest BCUT2D eigenvalue weighted by Gasteiger charge is -2.18. The van der Waals surface area contributed by atoms with Crippen molar-refractivity contribution < 1.29 is 9.53 Å². The molecule has 0 aliphatic rings. The van der Waals surface area contributed by atoms with Crippen molar-refractivity contribution >= 4 is 23.2 Å². The highest BCUT2D eigenvalue weighted by Gasteiger charge is 2.18. The average Bonchev–Trinajstić information content (AvgIpc) is 2.84. The number of nitrogens with one attached hydrogen (secondary N) is 1. The number of anilines is 1. The number of ether oxygens (including phenoxy) is 1. The lowest BCUT2D eigenvalue weighted by molar-refractivity contribution is -0.116. The van der Waals surface area contributed by atoms with Crippen molar-refractivity contribution in [2.45, 2.75) is 18.9 Å². The van der Waals surface area contributed by atoms with E-state index in [-0.39, 0.29) is 11.8 Å². The topological polar surface area (TPSA) is 38.3 Å². The van der Waals surface area contributed by atoms with Crippen LogP contribution in [0.15, 0.2) is 109 Å². The molecule has 160 valence electrons.